The first-order valence-corrected chi connectivity index (χ1v) is 5.05. The van der Waals surface area contributed by atoms with Crippen molar-refractivity contribution < 1.29 is 9.13 Å². The van der Waals surface area contributed by atoms with Crippen LogP contribution in [0.2, 0.25) is 0 Å². The zero-order valence-corrected chi connectivity index (χ0v) is 9.40. The molecule has 0 radical (unpaired) electrons. The smallest absolute Gasteiger partial charge is 0.126 e. The van der Waals surface area contributed by atoms with E-state index >= 15 is 0 Å². The van der Waals surface area contributed by atoms with E-state index in [1.165, 1.54) is 12.1 Å². The number of nitrogens with two attached hydrogens (primary N) is 1. The standard InChI is InChI=1S/C12H15FN2O/c1-9(7-12(2,15)8-14)16-11-5-3-4-10(13)6-11/h3-6,9H,7,15H2,1-2H3. The number of nitrogens with zero attached hydrogens (tertiary/aromatic N) is 1. The number of nitriles is 1. The van der Waals surface area contributed by atoms with Crippen LogP contribution in [0.15, 0.2) is 24.3 Å². The Morgan fingerprint density at radius 2 is 2.31 bits per heavy atom. The normalized spacial score (nSPS) is 15.9. The molecule has 2 N–H and O–H groups in total. The average Bonchev–Trinajstić information content (AvgIpc) is 2.16. The summed E-state index contributed by atoms with van der Waals surface area (Å²) in [6.07, 6.45) is 0.150. The van der Waals surface area contributed by atoms with E-state index in [1.54, 1.807) is 26.0 Å². The molecule has 2 unspecified atom stereocenters. The molecule has 0 aliphatic heterocycles. The van der Waals surface area contributed by atoms with Crippen molar-refractivity contribution in [3.63, 3.8) is 0 Å². The van der Waals surface area contributed by atoms with Crippen LogP contribution >= 0.6 is 0 Å². The summed E-state index contributed by atoms with van der Waals surface area (Å²) in [5.74, 6) is 0.0988. The minimum Gasteiger partial charge on any atom is -0.491 e. The lowest BCUT2D eigenvalue weighted by Gasteiger charge is -2.21. The van der Waals surface area contributed by atoms with Crippen LogP contribution in [0.25, 0.3) is 0 Å². The predicted molar refractivity (Wildman–Crippen MR) is 59.3 cm³/mol. The maximum Gasteiger partial charge on any atom is 0.126 e. The summed E-state index contributed by atoms with van der Waals surface area (Å²) in [5, 5.41) is 8.76. The lowest BCUT2D eigenvalue weighted by molar-refractivity contribution is 0.190. The van der Waals surface area contributed by atoms with Crippen molar-refractivity contribution in [3.8, 4) is 11.8 Å². The van der Waals surface area contributed by atoms with Crippen LogP contribution in [0.1, 0.15) is 20.3 Å². The average molecular weight is 222 g/mol. The van der Waals surface area contributed by atoms with Crippen LogP contribution < -0.4 is 10.5 Å². The maximum atomic E-state index is 12.9. The van der Waals surface area contributed by atoms with E-state index < -0.39 is 5.54 Å². The predicted octanol–water partition coefficient (Wildman–Crippen LogP) is 2.22. The van der Waals surface area contributed by atoms with E-state index in [2.05, 4.69) is 0 Å². The van der Waals surface area contributed by atoms with Crippen LogP contribution in [0.4, 0.5) is 4.39 Å². The third kappa shape index (κ3) is 3.87. The van der Waals surface area contributed by atoms with Gasteiger partial charge in [-0.05, 0) is 26.0 Å². The monoisotopic (exact) mass is 222 g/mol. The van der Waals surface area contributed by atoms with Gasteiger partial charge in [0.1, 0.15) is 17.1 Å². The second-order valence-electron chi connectivity index (χ2n) is 4.12. The largest absolute Gasteiger partial charge is 0.491 e. The lowest BCUT2D eigenvalue weighted by atomic mass is 9.98. The molecule has 0 amide bonds. The molecule has 0 saturated heterocycles. The minimum atomic E-state index is -0.924. The van der Waals surface area contributed by atoms with Crippen LogP contribution in [-0.4, -0.2) is 11.6 Å². The SMILES string of the molecule is CC(CC(C)(N)C#N)Oc1cccc(F)c1. The summed E-state index contributed by atoms with van der Waals surface area (Å²) in [4.78, 5) is 0. The molecule has 0 spiro atoms. The van der Waals surface area contributed by atoms with Gasteiger partial charge in [-0.1, -0.05) is 6.07 Å². The summed E-state index contributed by atoms with van der Waals surface area (Å²) in [5.41, 5.74) is 4.76. The molecular weight excluding hydrogens is 207 g/mol. The fourth-order valence-corrected chi connectivity index (χ4v) is 1.46. The van der Waals surface area contributed by atoms with Crippen molar-refractivity contribution in [2.45, 2.75) is 31.9 Å². The van der Waals surface area contributed by atoms with Crippen LogP contribution in [0.3, 0.4) is 0 Å². The Hall–Kier alpha value is -1.60. The second-order valence-corrected chi connectivity index (χ2v) is 4.12. The van der Waals surface area contributed by atoms with Crippen LogP contribution in [0.5, 0.6) is 5.75 Å². The minimum absolute atomic E-state index is 0.239. The fourth-order valence-electron chi connectivity index (χ4n) is 1.46. The van der Waals surface area contributed by atoms with Gasteiger partial charge in [-0.25, -0.2) is 4.39 Å². The molecule has 1 rings (SSSR count). The van der Waals surface area contributed by atoms with Gasteiger partial charge in [0.2, 0.25) is 0 Å². The highest BCUT2D eigenvalue weighted by molar-refractivity contribution is 5.22. The summed E-state index contributed by atoms with van der Waals surface area (Å²) >= 11 is 0. The Morgan fingerprint density at radius 1 is 1.62 bits per heavy atom. The van der Waals surface area contributed by atoms with Gasteiger partial charge in [0.25, 0.3) is 0 Å². The molecular formula is C12H15FN2O. The molecule has 0 aromatic heterocycles. The van der Waals surface area contributed by atoms with Crippen molar-refractivity contribution in [1.29, 1.82) is 5.26 Å². The van der Waals surface area contributed by atoms with Crippen molar-refractivity contribution >= 4 is 0 Å². The molecule has 0 bridgehead atoms. The molecule has 0 heterocycles. The quantitative estimate of drug-likeness (QED) is 0.849. The molecule has 4 heteroatoms. The van der Waals surface area contributed by atoms with E-state index in [0.29, 0.717) is 12.2 Å². The Labute approximate surface area is 94.6 Å². The number of ether oxygens (including phenoxy) is 1. The highest BCUT2D eigenvalue weighted by Gasteiger charge is 2.21. The molecule has 1 aromatic rings. The first-order chi connectivity index (χ1) is 7.43. The highest BCUT2D eigenvalue weighted by atomic mass is 19.1. The van der Waals surface area contributed by atoms with Gasteiger partial charge in [-0.15, -0.1) is 0 Å². The summed E-state index contributed by atoms with van der Waals surface area (Å²) in [6.45, 7) is 3.44. The van der Waals surface area contributed by atoms with Gasteiger partial charge in [-0.2, -0.15) is 5.26 Å². The molecule has 0 fully saturated rings. The van der Waals surface area contributed by atoms with Crippen molar-refractivity contribution in [2.75, 3.05) is 0 Å². The number of hydrogen-bond acceptors (Lipinski definition) is 3. The van der Waals surface area contributed by atoms with Gasteiger partial charge in [0, 0.05) is 12.5 Å². The number of hydrogen-bond donors (Lipinski definition) is 1. The molecule has 0 aliphatic rings. The second kappa shape index (κ2) is 4.95. The van der Waals surface area contributed by atoms with E-state index in [0.717, 1.165) is 0 Å². The van der Waals surface area contributed by atoms with E-state index in [1.807, 2.05) is 6.07 Å². The third-order valence-electron chi connectivity index (χ3n) is 2.10. The first kappa shape index (κ1) is 12.5. The van der Waals surface area contributed by atoms with Crippen molar-refractivity contribution in [1.82, 2.24) is 0 Å². The topological polar surface area (TPSA) is 59.0 Å². The number of halogens is 1. The van der Waals surface area contributed by atoms with Crippen LogP contribution in [0, 0.1) is 17.1 Å². The zero-order chi connectivity index (χ0) is 12.2. The first-order valence-electron chi connectivity index (χ1n) is 5.05. The summed E-state index contributed by atoms with van der Waals surface area (Å²) in [6, 6.07) is 7.88. The summed E-state index contributed by atoms with van der Waals surface area (Å²) in [7, 11) is 0. The van der Waals surface area contributed by atoms with Gasteiger partial charge in [0.05, 0.1) is 12.2 Å². The lowest BCUT2D eigenvalue weighted by Crippen LogP contribution is -2.38. The van der Waals surface area contributed by atoms with Gasteiger partial charge < -0.3 is 10.5 Å². The van der Waals surface area contributed by atoms with Crippen molar-refractivity contribution in [2.24, 2.45) is 5.73 Å². The van der Waals surface area contributed by atoms with Crippen LogP contribution in [-0.2, 0) is 0 Å². The van der Waals surface area contributed by atoms with Gasteiger partial charge in [0.15, 0.2) is 0 Å². The Bertz CT molecular complexity index is 398. The number of rotatable bonds is 4. The molecule has 0 saturated carbocycles. The van der Waals surface area contributed by atoms with E-state index in [9.17, 15) is 4.39 Å². The number of benzene rings is 1. The zero-order valence-electron chi connectivity index (χ0n) is 9.40. The highest BCUT2D eigenvalue weighted by Crippen LogP contribution is 2.17. The Balaban J connectivity index is 2.59. The summed E-state index contributed by atoms with van der Waals surface area (Å²) < 4.78 is 18.3. The third-order valence-corrected chi connectivity index (χ3v) is 2.10. The molecule has 16 heavy (non-hydrogen) atoms. The Morgan fingerprint density at radius 3 is 2.88 bits per heavy atom. The molecule has 3 nitrogen and oxygen atoms in total. The van der Waals surface area contributed by atoms with E-state index in [4.69, 9.17) is 15.7 Å². The Kier molecular flexibility index (Phi) is 3.86. The molecule has 0 aliphatic carbocycles. The van der Waals surface area contributed by atoms with Gasteiger partial charge >= 0.3 is 0 Å². The van der Waals surface area contributed by atoms with E-state index in [-0.39, 0.29) is 11.9 Å². The molecule has 1 aromatic carbocycles. The molecule has 2 atom stereocenters. The van der Waals surface area contributed by atoms with Crippen molar-refractivity contribution in [3.05, 3.63) is 30.1 Å². The fraction of sp³-hybridized carbons (Fsp3) is 0.417. The van der Waals surface area contributed by atoms with Gasteiger partial charge in [-0.3, -0.25) is 0 Å². The maximum absolute atomic E-state index is 12.9. The molecule has 86 valence electrons.